The van der Waals surface area contributed by atoms with Crippen molar-refractivity contribution in [3.8, 4) is 6.07 Å². The van der Waals surface area contributed by atoms with Crippen molar-refractivity contribution in [2.24, 2.45) is 17.8 Å². The van der Waals surface area contributed by atoms with Gasteiger partial charge in [-0.1, -0.05) is 63.8 Å². The molecule has 2 fully saturated rings. The van der Waals surface area contributed by atoms with E-state index in [-0.39, 0.29) is 5.41 Å². The molecule has 3 rings (SSSR count). The average molecular weight is 352 g/mol. The number of hydrogen-bond acceptors (Lipinski definition) is 1. The molecule has 0 atom stereocenters. The third kappa shape index (κ3) is 4.33. The van der Waals surface area contributed by atoms with Crippen LogP contribution >= 0.6 is 0 Å². The molecule has 0 saturated heterocycles. The van der Waals surface area contributed by atoms with Gasteiger partial charge in [-0.05, 0) is 80.2 Å². The molecule has 0 aliphatic heterocycles. The highest BCUT2D eigenvalue weighted by molar-refractivity contribution is 5.35. The Hall–Kier alpha value is -1.29. The number of aryl methyl sites for hydroxylation is 1. The van der Waals surface area contributed by atoms with Crippen LogP contribution in [-0.2, 0) is 11.8 Å². The quantitative estimate of drug-likeness (QED) is 0.531. The lowest BCUT2D eigenvalue weighted by Gasteiger charge is -2.41. The first-order chi connectivity index (χ1) is 12.7. The van der Waals surface area contributed by atoms with Gasteiger partial charge in [0.05, 0.1) is 11.5 Å². The van der Waals surface area contributed by atoms with Crippen LogP contribution < -0.4 is 0 Å². The smallest absolute Gasteiger partial charge is 0.0822 e. The van der Waals surface area contributed by atoms with Crippen molar-refractivity contribution in [3.63, 3.8) is 0 Å². The summed E-state index contributed by atoms with van der Waals surface area (Å²) in [6.07, 6.45) is 15.4. The Morgan fingerprint density at radius 1 is 0.923 bits per heavy atom. The summed E-state index contributed by atoms with van der Waals surface area (Å²) in [4.78, 5) is 0. The lowest BCUT2D eigenvalue weighted by atomic mass is 9.63. The minimum absolute atomic E-state index is 0.222. The van der Waals surface area contributed by atoms with Gasteiger partial charge in [0, 0.05) is 0 Å². The monoisotopic (exact) mass is 351 g/mol. The number of rotatable bonds is 6. The van der Waals surface area contributed by atoms with Gasteiger partial charge < -0.3 is 0 Å². The van der Waals surface area contributed by atoms with Crippen molar-refractivity contribution >= 4 is 0 Å². The van der Waals surface area contributed by atoms with Crippen LogP contribution in [0.25, 0.3) is 0 Å². The van der Waals surface area contributed by atoms with E-state index in [9.17, 15) is 5.26 Å². The van der Waals surface area contributed by atoms with Crippen molar-refractivity contribution in [3.05, 3.63) is 35.4 Å². The molecule has 2 aliphatic carbocycles. The summed E-state index contributed by atoms with van der Waals surface area (Å²) >= 11 is 0. The summed E-state index contributed by atoms with van der Waals surface area (Å²) in [6, 6.07) is 11.8. The average Bonchev–Trinajstić information content (AvgIpc) is 2.73. The number of unbranched alkanes of at least 4 members (excludes halogenated alkanes) is 1. The van der Waals surface area contributed by atoms with Crippen LogP contribution in [0.3, 0.4) is 0 Å². The van der Waals surface area contributed by atoms with E-state index in [1.807, 2.05) is 0 Å². The van der Waals surface area contributed by atoms with Gasteiger partial charge >= 0.3 is 0 Å². The van der Waals surface area contributed by atoms with E-state index in [2.05, 4.69) is 44.2 Å². The first-order valence-electron chi connectivity index (χ1n) is 11.2. The zero-order chi connectivity index (χ0) is 18.4. The van der Waals surface area contributed by atoms with Gasteiger partial charge in [-0.3, -0.25) is 0 Å². The Bertz CT molecular complexity index is 578. The summed E-state index contributed by atoms with van der Waals surface area (Å²) in [7, 11) is 0. The van der Waals surface area contributed by atoms with Crippen LogP contribution in [0.4, 0.5) is 0 Å². The second kappa shape index (κ2) is 9.07. The van der Waals surface area contributed by atoms with E-state index in [1.54, 1.807) is 0 Å². The SMILES string of the molecule is CCCCc1ccc([C@]2(C#N)CC[C@@H](C3CCC(CC)CC3)CC2)cc1. The zero-order valence-corrected chi connectivity index (χ0v) is 17.0. The third-order valence-electron chi connectivity index (χ3n) is 7.56. The van der Waals surface area contributed by atoms with Crippen molar-refractivity contribution in [1.82, 2.24) is 0 Å². The standard InChI is InChI=1S/C25H37N/c1-3-5-6-21-9-13-24(14-10-21)25(19-26)17-15-23(16-18-25)22-11-7-20(4-2)8-12-22/h9-10,13-14,20,22-23H,3-8,11-12,15-18H2,1-2H3/t20?,22?,23-,25-. The van der Waals surface area contributed by atoms with E-state index >= 15 is 0 Å². The Labute approximate surface area is 161 Å². The lowest BCUT2D eigenvalue weighted by molar-refractivity contribution is 0.146. The number of nitrogens with zero attached hydrogens (tertiary/aromatic N) is 1. The van der Waals surface area contributed by atoms with Gasteiger partial charge in [-0.2, -0.15) is 5.26 Å². The maximum atomic E-state index is 10.0. The molecule has 1 aromatic rings. The maximum Gasteiger partial charge on any atom is 0.0822 e. The first-order valence-corrected chi connectivity index (χ1v) is 11.2. The van der Waals surface area contributed by atoms with Crippen LogP contribution in [-0.4, -0.2) is 0 Å². The highest BCUT2D eigenvalue weighted by Crippen LogP contribution is 2.47. The summed E-state index contributed by atoms with van der Waals surface area (Å²) < 4.78 is 0. The summed E-state index contributed by atoms with van der Waals surface area (Å²) in [5.41, 5.74) is 2.47. The number of hydrogen-bond donors (Lipinski definition) is 0. The Morgan fingerprint density at radius 3 is 2.08 bits per heavy atom. The third-order valence-corrected chi connectivity index (χ3v) is 7.56. The molecule has 1 aromatic carbocycles. The molecule has 0 spiro atoms. The van der Waals surface area contributed by atoms with E-state index in [0.29, 0.717) is 0 Å². The molecule has 2 saturated carbocycles. The minimum atomic E-state index is -0.222. The molecule has 0 radical (unpaired) electrons. The Morgan fingerprint density at radius 2 is 1.54 bits per heavy atom. The summed E-state index contributed by atoms with van der Waals surface area (Å²) in [6.45, 7) is 4.59. The van der Waals surface area contributed by atoms with Crippen LogP contribution in [0, 0.1) is 29.1 Å². The molecule has 0 N–H and O–H groups in total. The molecule has 142 valence electrons. The Kier molecular flexibility index (Phi) is 6.80. The van der Waals surface area contributed by atoms with Gasteiger partial charge in [-0.15, -0.1) is 0 Å². The van der Waals surface area contributed by atoms with E-state index < -0.39 is 0 Å². The molecular weight excluding hydrogens is 314 g/mol. The first kappa shape index (κ1) is 19.5. The second-order valence-corrected chi connectivity index (χ2v) is 9.02. The molecule has 26 heavy (non-hydrogen) atoms. The Balaban J connectivity index is 1.59. The van der Waals surface area contributed by atoms with Crippen LogP contribution in [0.1, 0.15) is 95.6 Å². The highest BCUT2D eigenvalue weighted by atomic mass is 14.4. The maximum absolute atomic E-state index is 10.0. The van der Waals surface area contributed by atoms with Gasteiger partial charge in [0.25, 0.3) is 0 Å². The molecule has 0 unspecified atom stereocenters. The van der Waals surface area contributed by atoms with E-state index in [4.69, 9.17) is 0 Å². The van der Waals surface area contributed by atoms with Crippen molar-refractivity contribution in [1.29, 1.82) is 5.26 Å². The zero-order valence-electron chi connectivity index (χ0n) is 17.0. The predicted octanol–water partition coefficient (Wildman–Crippen LogP) is 7.20. The van der Waals surface area contributed by atoms with Gasteiger partial charge in [0.1, 0.15) is 0 Å². The fraction of sp³-hybridized carbons (Fsp3) is 0.720. The minimum Gasteiger partial charge on any atom is -0.197 e. The van der Waals surface area contributed by atoms with E-state index in [1.165, 1.54) is 75.3 Å². The highest BCUT2D eigenvalue weighted by Gasteiger charge is 2.39. The van der Waals surface area contributed by atoms with Crippen LogP contribution in [0.2, 0.25) is 0 Å². The fourth-order valence-electron chi connectivity index (χ4n) is 5.51. The second-order valence-electron chi connectivity index (χ2n) is 9.02. The van der Waals surface area contributed by atoms with Crippen molar-refractivity contribution in [2.45, 2.75) is 96.3 Å². The molecular formula is C25H37N. The largest absolute Gasteiger partial charge is 0.197 e. The van der Waals surface area contributed by atoms with Crippen LogP contribution in [0.5, 0.6) is 0 Å². The predicted molar refractivity (Wildman–Crippen MR) is 110 cm³/mol. The molecule has 2 aliphatic rings. The van der Waals surface area contributed by atoms with Crippen LogP contribution in [0.15, 0.2) is 24.3 Å². The molecule has 1 heteroatoms. The molecule has 0 bridgehead atoms. The van der Waals surface area contributed by atoms with E-state index in [0.717, 1.165) is 30.6 Å². The topological polar surface area (TPSA) is 23.8 Å². The van der Waals surface area contributed by atoms with Crippen molar-refractivity contribution < 1.29 is 0 Å². The molecule has 0 heterocycles. The summed E-state index contributed by atoms with van der Waals surface area (Å²) in [5, 5.41) is 10.0. The molecule has 0 amide bonds. The fourth-order valence-corrected chi connectivity index (χ4v) is 5.51. The molecule has 0 aromatic heterocycles. The number of nitriles is 1. The van der Waals surface area contributed by atoms with Gasteiger partial charge in [0.2, 0.25) is 0 Å². The van der Waals surface area contributed by atoms with Crippen molar-refractivity contribution in [2.75, 3.05) is 0 Å². The number of benzene rings is 1. The molecule has 1 nitrogen and oxygen atoms in total. The summed E-state index contributed by atoms with van der Waals surface area (Å²) in [5.74, 6) is 2.79. The van der Waals surface area contributed by atoms with Gasteiger partial charge in [-0.25, -0.2) is 0 Å². The normalized spacial score (nSPS) is 32.1. The lowest BCUT2D eigenvalue weighted by Crippen LogP contribution is -2.33. The van der Waals surface area contributed by atoms with Gasteiger partial charge in [0.15, 0.2) is 0 Å².